The van der Waals surface area contributed by atoms with Crippen molar-refractivity contribution in [3.63, 3.8) is 0 Å². The SMILES string of the molecule is C=CC(=O)Nc1ccccc1C1CCNc2c(C(N)=O)c(-c3ccc(Cl)c(OC)c3)nn21. The lowest BCUT2D eigenvalue weighted by molar-refractivity contribution is -0.111. The molecule has 32 heavy (non-hydrogen) atoms. The Labute approximate surface area is 190 Å². The average molecular weight is 452 g/mol. The van der Waals surface area contributed by atoms with Crippen molar-refractivity contribution in [3.8, 4) is 17.0 Å². The first-order valence-corrected chi connectivity index (χ1v) is 10.3. The van der Waals surface area contributed by atoms with Crippen LogP contribution in [-0.2, 0) is 4.79 Å². The zero-order valence-corrected chi connectivity index (χ0v) is 18.1. The lowest BCUT2D eigenvalue weighted by Gasteiger charge is -2.28. The number of rotatable bonds is 6. The van der Waals surface area contributed by atoms with E-state index in [9.17, 15) is 9.59 Å². The van der Waals surface area contributed by atoms with Gasteiger partial charge < -0.3 is 21.1 Å². The van der Waals surface area contributed by atoms with Gasteiger partial charge in [0.15, 0.2) is 0 Å². The van der Waals surface area contributed by atoms with E-state index in [1.807, 2.05) is 24.3 Å². The fraction of sp³-hybridized carbons (Fsp3) is 0.174. The minimum atomic E-state index is -0.600. The van der Waals surface area contributed by atoms with Crippen molar-refractivity contribution in [3.05, 3.63) is 71.3 Å². The number of halogens is 1. The van der Waals surface area contributed by atoms with Gasteiger partial charge in [0, 0.05) is 23.4 Å². The largest absolute Gasteiger partial charge is 0.495 e. The van der Waals surface area contributed by atoms with Crippen LogP contribution in [0.2, 0.25) is 5.02 Å². The summed E-state index contributed by atoms with van der Waals surface area (Å²) in [4.78, 5) is 24.4. The Kier molecular flexibility index (Phi) is 5.87. The number of carbonyl (C=O) groups is 2. The smallest absolute Gasteiger partial charge is 0.254 e. The summed E-state index contributed by atoms with van der Waals surface area (Å²) < 4.78 is 7.07. The van der Waals surface area contributed by atoms with Crippen LogP contribution in [0.15, 0.2) is 55.1 Å². The van der Waals surface area contributed by atoms with E-state index in [1.54, 1.807) is 22.9 Å². The van der Waals surface area contributed by atoms with Crippen molar-refractivity contribution >= 4 is 34.9 Å². The highest BCUT2D eigenvalue weighted by molar-refractivity contribution is 6.32. The van der Waals surface area contributed by atoms with Crippen molar-refractivity contribution in [1.82, 2.24) is 9.78 Å². The highest BCUT2D eigenvalue weighted by Gasteiger charge is 2.31. The van der Waals surface area contributed by atoms with Crippen LogP contribution in [0.5, 0.6) is 5.75 Å². The summed E-state index contributed by atoms with van der Waals surface area (Å²) in [5, 5.41) is 11.3. The maximum Gasteiger partial charge on any atom is 0.254 e. The number of para-hydroxylation sites is 1. The van der Waals surface area contributed by atoms with Crippen LogP contribution in [0.4, 0.5) is 11.5 Å². The highest BCUT2D eigenvalue weighted by atomic mass is 35.5. The molecule has 1 atom stereocenters. The predicted octanol–water partition coefficient (Wildman–Crippen LogP) is 3.84. The second-order valence-corrected chi connectivity index (χ2v) is 7.65. The number of carbonyl (C=O) groups excluding carboxylic acids is 2. The normalized spacial score (nSPS) is 14.8. The molecule has 0 bridgehead atoms. The molecule has 1 unspecified atom stereocenters. The highest BCUT2D eigenvalue weighted by Crippen LogP contribution is 2.40. The lowest BCUT2D eigenvalue weighted by atomic mass is 9.99. The van der Waals surface area contributed by atoms with Gasteiger partial charge in [-0.1, -0.05) is 42.4 Å². The summed E-state index contributed by atoms with van der Waals surface area (Å²) in [6, 6.07) is 12.4. The molecule has 0 saturated heterocycles. The van der Waals surface area contributed by atoms with Gasteiger partial charge in [0.2, 0.25) is 5.91 Å². The molecule has 9 heteroatoms. The molecule has 0 spiro atoms. The standard InChI is InChI=1S/C23H22ClN5O3/c1-3-19(30)27-16-7-5-4-6-14(16)17-10-11-26-23-20(22(25)31)21(28-29(17)23)13-8-9-15(24)18(12-13)32-2/h3-9,12,17,26H,1,10-11H2,2H3,(H2,25,31)(H,27,30). The minimum Gasteiger partial charge on any atom is -0.495 e. The third-order valence-electron chi connectivity index (χ3n) is 5.35. The van der Waals surface area contributed by atoms with E-state index < -0.39 is 5.91 Å². The first-order valence-electron chi connectivity index (χ1n) is 9.97. The molecule has 164 valence electrons. The number of anilines is 2. The molecule has 0 saturated carbocycles. The van der Waals surface area contributed by atoms with E-state index in [2.05, 4.69) is 17.2 Å². The number of amides is 2. The zero-order valence-electron chi connectivity index (χ0n) is 17.4. The first-order chi connectivity index (χ1) is 15.4. The molecule has 1 aromatic heterocycles. The zero-order chi connectivity index (χ0) is 22.8. The molecular formula is C23H22ClN5O3. The third kappa shape index (κ3) is 3.80. The van der Waals surface area contributed by atoms with Crippen molar-refractivity contribution in [2.24, 2.45) is 5.73 Å². The number of nitrogens with two attached hydrogens (primary N) is 1. The second kappa shape index (κ2) is 8.76. The molecule has 0 radical (unpaired) electrons. The van der Waals surface area contributed by atoms with E-state index >= 15 is 0 Å². The van der Waals surface area contributed by atoms with Gasteiger partial charge in [-0.15, -0.1) is 0 Å². The molecule has 4 N–H and O–H groups in total. The molecule has 1 aliphatic heterocycles. The number of hydrogen-bond donors (Lipinski definition) is 3. The second-order valence-electron chi connectivity index (χ2n) is 7.24. The van der Waals surface area contributed by atoms with Crippen molar-refractivity contribution < 1.29 is 14.3 Å². The number of hydrogen-bond acceptors (Lipinski definition) is 5. The Bertz CT molecular complexity index is 1220. The predicted molar refractivity (Wildman–Crippen MR) is 124 cm³/mol. The Morgan fingerprint density at radius 3 is 2.84 bits per heavy atom. The van der Waals surface area contributed by atoms with Crippen LogP contribution in [0, 0.1) is 0 Å². The molecule has 0 aliphatic carbocycles. The van der Waals surface area contributed by atoms with Gasteiger partial charge in [0.25, 0.3) is 5.91 Å². The van der Waals surface area contributed by atoms with Crippen molar-refractivity contribution in [2.45, 2.75) is 12.5 Å². The number of fused-ring (bicyclic) bond motifs is 1. The number of benzene rings is 2. The number of ether oxygens (including phenoxy) is 1. The molecule has 3 aromatic rings. The van der Waals surface area contributed by atoms with Gasteiger partial charge in [0.05, 0.1) is 18.2 Å². The molecular weight excluding hydrogens is 430 g/mol. The van der Waals surface area contributed by atoms with Gasteiger partial charge in [-0.25, -0.2) is 4.68 Å². The van der Waals surface area contributed by atoms with Gasteiger partial charge in [-0.2, -0.15) is 5.10 Å². The number of aromatic nitrogens is 2. The molecule has 2 aromatic carbocycles. The van der Waals surface area contributed by atoms with E-state index in [0.717, 1.165) is 5.56 Å². The third-order valence-corrected chi connectivity index (χ3v) is 5.66. The van der Waals surface area contributed by atoms with Crippen LogP contribution < -0.4 is 21.1 Å². The summed E-state index contributed by atoms with van der Waals surface area (Å²) in [6.07, 6.45) is 1.91. The van der Waals surface area contributed by atoms with Crippen LogP contribution in [0.1, 0.15) is 28.4 Å². The van der Waals surface area contributed by atoms with Crippen LogP contribution in [0.3, 0.4) is 0 Å². The van der Waals surface area contributed by atoms with E-state index in [-0.39, 0.29) is 17.5 Å². The fourth-order valence-electron chi connectivity index (χ4n) is 3.89. The molecule has 2 heterocycles. The molecule has 4 rings (SSSR count). The van der Waals surface area contributed by atoms with Crippen molar-refractivity contribution in [1.29, 1.82) is 0 Å². The maximum atomic E-state index is 12.4. The Hall–Kier alpha value is -3.78. The van der Waals surface area contributed by atoms with Gasteiger partial charge in [-0.05, 0) is 30.7 Å². The summed E-state index contributed by atoms with van der Waals surface area (Å²) in [6.45, 7) is 4.11. The quantitative estimate of drug-likeness (QED) is 0.493. The van der Waals surface area contributed by atoms with E-state index in [1.165, 1.54) is 13.2 Å². The summed E-state index contributed by atoms with van der Waals surface area (Å²) in [5.41, 5.74) is 8.64. The van der Waals surface area contributed by atoms with Gasteiger partial charge in [-0.3, -0.25) is 9.59 Å². The van der Waals surface area contributed by atoms with E-state index in [0.29, 0.717) is 46.5 Å². The van der Waals surface area contributed by atoms with Crippen LogP contribution in [0.25, 0.3) is 11.3 Å². The average Bonchev–Trinajstić information content (AvgIpc) is 3.20. The fourth-order valence-corrected chi connectivity index (χ4v) is 4.09. The maximum absolute atomic E-state index is 12.4. The molecule has 1 aliphatic rings. The van der Waals surface area contributed by atoms with Gasteiger partial charge >= 0.3 is 0 Å². The Morgan fingerprint density at radius 2 is 2.12 bits per heavy atom. The van der Waals surface area contributed by atoms with E-state index in [4.69, 9.17) is 27.2 Å². The number of nitrogens with one attached hydrogen (secondary N) is 2. The van der Waals surface area contributed by atoms with Crippen LogP contribution in [-0.4, -0.2) is 35.2 Å². The Morgan fingerprint density at radius 1 is 1.34 bits per heavy atom. The monoisotopic (exact) mass is 451 g/mol. The number of primary amides is 1. The topological polar surface area (TPSA) is 111 Å². The minimum absolute atomic E-state index is 0.228. The Balaban J connectivity index is 1.87. The summed E-state index contributed by atoms with van der Waals surface area (Å²) >= 11 is 6.17. The molecule has 2 amide bonds. The first kappa shape index (κ1) is 21.5. The molecule has 0 fully saturated rings. The summed E-state index contributed by atoms with van der Waals surface area (Å²) in [5.74, 6) is 0.0884. The number of nitrogens with zero attached hydrogens (tertiary/aromatic N) is 2. The summed E-state index contributed by atoms with van der Waals surface area (Å²) in [7, 11) is 1.52. The molecule has 8 nitrogen and oxygen atoms in total. The van der Waals surface area contributed by atoms with Crippen molar-refractivity contribution in [2.75, 3.05) is 24.3 Å². The van der Waals surface area contributed by atoms with Crippen LogP contribution >= 0.6 is 11.6 Å². The number of methoxy groups -OCH3 is 1. The lowest BCUT2D eigenvalue weighted by Crippen LogP contribution is -2.27. The van der Waals surface area contributed by atoms with Gasteiger partial charge in [0.1, 0.15) is 22.8 Å².